The Morgan fingerprint density at radius 1 is 0.632 bits per heavy atom. The summed E-state index contributed by atoms with van der Waals surface area (Å²) >= 11 is 0. The van der Waals surface area contributed by atoms with Crippen LogP contribution in [-0.2, 0) is 5.41 Å². The molecule has 0 atom stereocenters. The summed E-state index contributed by atoms with van der Waals surface area (Å²) in [5, 5.41) is 0. The number of hydrogen-bond acceptors (Lipinski definition) is 1. The largest absolute Gasteiger partial charge is 0.335 e. The van der Waals surface area contributed by atoms with Gasteiger partial charge in [-0.15, -0.1) is 0 Å². The van der Waals surface area contributed by atoms with E-state index in [0.29, 0.717) is 11.8 Å². The van der Waals surface area contributed by atoms with Gasteiger partial charge >= 0.3 is 0 Å². The maximum Gasteiger partial charge on any atom is 0.0530 e. The minimum absolute atomic E-state index is 0.00824. The first-order valence-corrected chi connectivity index (χ1v) is 14.2. The molecule has 4 aromatic rings. The van der Waals surface area contributed by atoms with Gasteiger partial charge in [-0.25, -0.2) is 0 Å². The van der Waals surface area contributed by atoms with Crippen LogP contribution >= 0.6 is 0 Å². The summed E-state index contributed by atoms with van der Waals surface area (Å²) in [6, 6.07) is 31.6. The Balaban J connectivity index is 1.89. The molecule has 0 radical (unpaired) electrons. The van der Waals surface area contributed by atoms with Gasteiger partial charge in [0.05, 0.1) is 5.69 Å². The third-order valence-corrected chi connectivity index (χ3v) is 8.25. The quantitative estimate of drug-likeness (QED) is 0.263. The summed E-state index contributed by atoms with van der Waals surface area (Å²) in [4.78, 5) is 2.65. The van der Waals surface area contributed by atoms with Crippen LogP contribution in [0.2, 0.25) is 0 Å². The lowest BCUT2D eigenvalue weighted by Gasteiger charge is -2.43. The normalized spacial score (nSPS) is 14.1. The fourth-order valence-electron chi connectivity index (χ4n) is 6.53. The minimum Gasteiger partial charge on any atom is -0.335 e. The Morgan fingerprint density at radius 3 is 1.89 bits per heavy atom. The smallest absolute Gasteiger partial charge is 0.0530 e. The van der Waals surface area contributed by atoms with Crippen LogP contribution in [0.3, 0.4) is 0 Å². The van der Waals surface area contributed by atoms with Crippen LogP contribution in [0.1, 0.15) is 96.4 Å². The second kappa shape index (κ2) is 9.45. The molecule has 0 bridgehead atoms. The number of fused-ring (bicyclic) bond motifs is 3. The summed E-state index contributed by atoms with van der Waals surface area (Å²) in [6.07, 6.45) is 0. The van der Waals surface area contributed by atoms with Gasteiger partial charge < -0.3 is 4.90 Å². The van der Waals surface area contributed by atoms with Crippen molar-refractivity contribution in [2.24, 2.45) is 0 Å². The molecule has 0 N–H and O–H groups in total. The van der Waals surface area contributed by atoms with Gasteiger partial charge in [-0.3, -0.25) is 0 Å². The lowest BCUT2D eigenvalue weighted by atomic mass is 9.81. The first kappa shape index (κ1) is 26.3. The standard InChI is InChI=1S/C37H43N/c1-24(2)27-19-15-20-28(26-16-11-10-12-17-26)35(27)38(36(5,6)7)32-23-22-31-34(33(32)25(3)4)29-18-13-14-21-30(29)37(31,8)9/h10-25H,1-9H3. The molecule has 0 saturated heterocycles. The Labute approximate surface area is 230 Å². The van der Waals surface area contributed by atoms with E-state index in [-0.39, 0.29) is 11.0 Å². The van der Waals surface area contributed by atoms with Gasteiger partial charge in [0.1, 0.15) is 0 Å². The molecular weight excluding hydrogens is 458 g/mol. The number of benzene rings is 4. The zero-order valence-corrected chi connectivity index (χ0v) is 24.7. The van der Waals surface area contributed by atoms with Crippen LogP contribution in [-0.4, -0.2) is 5.54 Å². The van der Waals surface area contributed by atoms with Crippen molar-refractivity contribution in [3.05, 3.63) is 107 Å². The molecule has 5 rings (SSSR count). The molecule has 0 fully saturated rings. The maximum absolute atomic E-state index is 2.65. The fraction of sp³-hybridized carbons (Fsp3) is 0.351. The highest BCUT2D eigenvalue weighted by Gasteiger charge is 2.39. The van der Waals surface area contributed by atoms with Gasteiger partial charge in [0.15, 0.2) is 0 Å². The molecule has 0 aromatic heterocycles. The van der Waals surface area contributed by atoms with Gasteiger partial charge in [-0.2, -0.15) is 0 Å². The third-order valence-electron chi connectivity index (χ3n) is 8.25. The molecule has 0 unspecified atom stereocenters. The Hall–Kier alpha value is -3.32. The molecule has 0 saturated carbocycles. The second-order valence-corrected chi connectivity index (χ2v) is 13.0. The van der Waals surface area contributed by atoms with Crippen LogP contribution in [0.4, 0.5) is 11.4 Å². The average molecular weight is 502 g/mol. The van der Waals surface area contributed by atoms with Crippen molar-refractivity contribution in [2.75, 3.05) is 4.90 Å². The van der Waals surface area contributed by atoms with Crippen LogP contribution < -0.4 is 4.90 Å². The topological polar surface area (TPSA) is 3.24 Å². The Kier molecular flexibility index (Phi) is 6.54. The Morgan fingerprint density at radius 2 is 1.26 bits per heavy atom. The van der Waals surface area contributed by atoms with E-state index in [2.05, 4.69) is 152 Å². The van der Waals surface area contributed by atoms with Gasteiger partial charge in [0, 0.05) is 22.2 Å². The summed E-state index contributed by atoms with van der Waals surface area (Å²) in [5.74, 6) is 0.772. The number of rotatable bonds is 5. The lowest BCUT2D eigenvalue weighted by Crippen LogP contribution is -2.39. The van der Waals surface area contributed by atoms with E-state index in [1.807, 2.05) is 0 Å². The van der Waals surface area contributed by atoms with Gasteiger partial charge in [0.2, 0.25) is 0 Å². The molecule has 38 heavy (non-hydrogen) atoms. The number of anilines is 2. The molecule has 0 aliphatic heterocycles. The molecule has 1 heteroatoms. The Bertz CT molecular complexity index is 1460. The van der Waals surface area contributed by atoms with Crippen molar-refractivity contribution in [1.82, 2.24) is 0 Å². The molecule has 0 spiro atoms. The molecule has 0 heterocycles. The van der Waals surface area contributed by atoms with E-state index in [1.165, 1.54) is 55.9 Å². The molecule has 0 amide bonds. The van der Waals surface area contributed by atoms with Crippen molar-refractivity contribution in [1.29, 1.82) is 0 Å². The predicted molar refractivity (Wildman–Crippen MR) is 166 cm³/mol. The van der Waals surface area contributed by atoms with Crippen LogP contribution in [0.15, 0.2) is 84.9 Å². The molecule has 1 aliphatic carbocycles. The maximum atomic E-state index is 2.65. The molecule has 196 valence electrons. The molecule has 1 aliphatic rings. The van der Waals surface area contributed by atoms with Crippen molar-refractivity contribution >= 4 is 11.4 Å². The predicted octanol–water partition coefficient (Wildman–Crippen LogP) is 10.8. The van der Waals surface area contributed by atoms with Crippen LogP contribution in [0.25, 0.3) is 22.3 Å². The van der Waals surface area contributed by atoms with Crippen LogP contribution in [0.5, 0.6) is 0 Å². The molecule has 1 nitrogen and oxygen atoms in total. The molecular formula is C37H43N. The van der Waals surface area contributed by atoms with E-state index >= 15 is 0 Å². The summed E-state index contributed by atoms with van der Waals surface area (Å²) < 4.78 is 0. The first-order chi connectivity index (χ1) is 17.9. The number of para-hydroxylation sites is 1. The van der Waals surface area contributed by atoms with E-state index < -0.39 is 0 Å². The van der Waals surface area contributed by atoms with Crippen molar-refractivity contribution < 1.29 is 0 Å². The summed E-state index contributed by atoms with van der Waals surface area (Å²) in [5.41, 5.74) is 13.6. The first-order valence-electron chi connectivity index (χ1n) is 14.2. The third kappa shape index (κ3) is 4.17. The van der Waals surface area contributed by atoms with Gasteiger partial charge in [0.25, 0.3) is 0 Å². The van der Waals surface area contributed by atoms with E-state index in [1.54, 1.807) is 0 Å². The van der Waals surface area contributed by atoms with Crippen molar-refractivity contribution in [3.8, 4) is 22.3 Å². The van der Waals surface area contributed by atoms with Gasteiger partial charge in [-0.05, 0) is 77.6 Å². The van der Waals surface area contributed by atoms with E-state index in [9.17, 15) is 0 Å². The van der Waals surface area contributed by atoms with Crippen LogP contribution in [0, 0.1) is 0 Å². The highest BCUT2D eigenvalue weighted by molar-refractivity contribution is 5.92. The van der Waals surface area contributed by atoms with Crippen molar-refractivity contribution in [2.45, 2.75) is 85.1 Å². The van der Waals surface area contributed by atoms with E-state index in [0.717, 1.165) is 0 Å². The lowest BCUT2D eigenvalue weighted by molar-refractivity contribution is 0.555. The van der Waals surface area contributed by atoms with Crippen molar-refractivity contribution in [3.63, 3.8) is 0 Å². The minimum atomic E-state index is -0.139. The molecule has 4 aromatic carbocycles. The SMILES string of the molecule is CC(C)c1cccc(-c2ccccc2)c1N(c1ccc2c(c1C(C)C)-c1ccccc1C2(C)C)C(C)(C)C. The van der Waals surface area contributed by atoms with Gasteiger partial charge in [-0.1, -0.05) is 120 Å². The fourth-order valence-corrected chi connectivity index (χ4v) is 6.53. The summed E-state index contributed by atoms with van der Waals surface area (Å²) in [7, 11) is 0. The number of hydrogen-bond donors (Lipinski definition) is 0. The monoisotopic (exact) mass is 501 g/mol. The highest BCUT2D eigenvalue weighted by Crippen LogP contribution is 2.55. The summed E-state index contributed by atoms with van der Waals surface area (Å²) in [6.45, 7) is 21.2. The average Bonchev–Trinajstić information content (AvgIpc) is 3.10. The highest BCUT2D eigenvalue weighted by atomic mass is 15.2. The van der Waals surface area contributed by atoms with E-state index in [4.69, 9.17) is 0 Å². The zero-order valence-electron chi connectivity index (χ0n) is 24.7. The zero-order chi connectivity index (χ0) is 27.4. The second-order valence-electron chi connectivity index (χ2n) is 13.0. The number of nitrogens with zero attached hydrogens (tertiary/aromatic N) is 1.